The third-order valence-electron chi connectivity index (χ3n) is 3.96. The van der Waals surface area contributed by atoms with Gasteiger partial charge in [-0.3, -0.25) is 9.69 Å². The van der Waals surface area contributed by atoms with E-state index in [1.807, 2.05) is 25.8 Å². The number of ether oxygens (including phenoxy) is 1. The van der Waals surface area contributed by atoms with E-state index >= 15 is 0 Å². The number of para-hydroxylation sites is 1. The van der Waals surface area contributed by atoms with Crippen molar-refractivity contribution in [3.63, 3.8) is 0 Å². The molecule has 1 heterocycles. The van der Waals surface area contributed by atoms with Crippen LogP contribution >= 0.6 is 0 Å². The van der Waals surface area contributed by atoms with Crippen molar-refractivity contribution in [2.45, 2.75) is 38.8 Å². The van der Waals surface area contributed by atoms with Gasteiger partial charge in [-0.05, 0) is 45.9 Å². The molecule has 1 aliphatic heterocycles. The molecular weight excluding hydrogens is 283 g/mol. The molecule has 5 heteroatoms. The Bertz CT molecular complexity index is 507. The molecule has 0 aliphatic carbocycles. The number of likely N-dealkylation sites (N-methyl/N-ethyl adjacent to an activating group) is 1. The van der Waals surface area contributed by atoms with Crippen molar-refractivity contribution in [1.82, 2.24) is 4.90 Å². The van der Waals surface area contributed by atoms with Crippen molar-refractivity contribution < 1.29 is 13.9 Å². The molecular formula is C17H25FN2O2. The molecule has 0 N–H and O–H groups in total. The molecule has 1 amide bonds. The lowest BCUT2D eigenvalue weighted by molar-refractivity contribution is -0.121. The van der Waals surface area contributed by atoms with Crippen molar-refractivity contribution >= 4 is 11.6 Å². The minimum absolute atomic E-state index is 0.0163. The highest BCUT2D eigenvalue weighted by Gasteiger charge is 2.35. The van der Waals surface area contributed by atoms with Gasteiger partial charge in [0.25, 0.3) is 0 Å². The predicted molar refractivity (Wildman–Crippen MR) is 85.5 cm³/mol. The van der Waals surface area contributed by atoms with E-state index in [9.17, 15) is 9.18 Å². The monoisotopic (exact) mass is 308 g/mol. The molecule has 4 nitrogen and oxygen atoms in total. The molecule has 1 fully saturated rings. The maximum atomic E-state index is 13.8. The standard InChI is InChI=1S/C17H25FN2O2/c1-13(2)22-12-6-10-19(3)16-9-11-20(17(16)21)15-8-5-4-7-14(15)18/h4-5,7-8,13,16H,6,9-12H2,1-3H3/t16-/m1/s1. The van der Waals surface area contributed by atoms with Crippen LogP contribution in [0.15, 0.2) is 24.3 Å². The Labute approximate surface area is 131 Å². The molecule has 1 aromatic carbocycles. The molecule has 0 radical (unpaired) electrons. The van der Waals surface area contributed by atoms with Crippen molar-refractivity contribution in [2.24, 2.45) is 0 Å². The number of hydrogen-bond acceptors (Lipinski definition) is 3. The summed E-state index contributed by atoms with van der Waals surface area (Å²) in [5.41, 5.74) is 0.381. The second kappa shape index (κ2) is 7.70. The van der Waals surface area contributed by atoms with Crippen LogP contribution in [-0.4, -0.2) is 49.7 Å². The number of carbonyl (C=O) groups is 1. The highest BCUT2D eigenvalue weighted by atomic mass is 19.1. The van der Waals surface area contributed by atoms with Gasteiger partial charge in [0.2, 0.25) is 5.91 Å². The van der Waals surface area contributed by atoms with E-state index in [-0.39, 0.29) is 23.9 Å². The second-order valence-electron chi connectivity index (χ2n) is 6.00. The van der Waals surface area contributed by atoms with E-state index in [1.165, 1.54) is 6.07 Å². The fourth-order valence-electron chi connectivity index (χ4n) is 2.77. The Morgan fingerprint density at radius 2 is 2.14 bits per heavy atom. The summed E-state index contributed by atoms with van der Waals surface area (Å²) >= 11 is 0. The Kier molecular flexibility index (Phi) is 5.91. The third-order valence-corrected chi connectivity index (χ3v) is 3.96. The van der Waals surface area contributed by atoms with Gasteiger partial charge in [0, 0.05) is 19.7 Å². The normalized spacial score (nSPS) is 18.7. The van der Waals surface area contributed by atoms with E-state index in [0.717, 1.165) is 19.4 Å². The molecule has 0 aromatic heterocycles. The van der Waals surface area contributed by atoms with Crippen LogP contribution in [0.4, 0.5) is 10.1 Å². The summed E-state index contributed by atoms with van der Waals surface area (Å²) in [4.78, 5) is 16.1. The number of halogens is 1. The van der Waals surface area contributed by atoms with Gasteiger partial charge in [0.1, 0.15) is 5.82 Å². The number of amides is 1. The summed E-state index contributed by atoms with van der Waals surface area (Å²) in [5, 5.41) is 0. The number of hydrogen-bond donors (Lipinski definition) is 0. The lowest BCUT2D eigenvalue weighted by atomic mass is 10.2. The summed E-state index contributed by atoms with van der Waals surface area (Å²) in [7, 11) is 1.95. The topological polar surface area (TPSA) is 32.8 Å². The molecule has 22 heavy (non-hydrogen) atoms. The first kappa shape index (κ1) is 16.9. The average molecular weight is 308 g/mol. The average Bonchev–Trinajstić information content (AvgIpc) is 2.85. The number of anilines is 1. The zero-order chi connectivity index (χ0) is 16.1. The van der Waals surface area contributed by atoms with E-state index < -0.39 is 0 Å². The Morgan fingerprint density at radius 1 is 1.41 bits per heavy atom. The van der Waals surface area contributed by atoms with Gasteiger partial charge in [0.15, 0.2) is 0 Å². The molecule has 122 valence electrons. The van der Waals surface area contributed by atoms with Crippen LogP contribution in [-0.2, 0) is 9.53 Å². The fourth-order valence-corrected chi connectivity index (χ4v) is 2.77. The first-order chi connectivity index (χ1) is 10.5. The van der Waals surface area contributed by atoms with Crippen molar-refractivity contribution in [3.8, 4) is 0 Å². The largest absolute Gasteiger partial charge is 0.379 e. The van der Waals surface area contributed by atoms with Crippen molar-refractivity contribution in [3.05, 3.63) is 30.1 Å². The van der Waals surface area contributed by atoms with Gasteiger partial charge in [-0.1, -0.05) is 12.1 Å². The van der Waals surface area contributed by atoms with E-state index in [1.54, 1.807) is 23.1 Å². The lowest BCUT2D eigenvalue weighted by Gasteiger charge is -2.24. The van der Waals surface area contributed by atoms with Crippen molar-refractivity contribution in [1.29, 1.82) is 0 Å². The summed E-state index contributed by atoms with van der Waals surface area (Å²) in [6.45, 7) is 6.08. The van der Waals surface area contributed by atoms with Gasteiger partial charge in [-0.25, -0.2) is 4.39 Å². The quantitative estimate of drug-likeness (QED) is 0.726. The van der Waals surface area contributed by atoms with Crippen LogP contribution in [0.3, 0.4) is 0 Å². The zero-order valence-corrected chi connectivity index (χ0v) is 13.6. The summed E-state index contributed by atoms with van der Waals surface area (Å²) in [6, 6.07) is 6.28. The first-order valence-electron chi connectivity index (χ1n) is 7.88. The third kappa shape index (κ3) is 4.05. The van der Waals surface area contributed by atoms with Gasteiger partial charge < -0.3 is 9.64 Å². The van der Waals surface area contributed by atoms with Crippen LogP contribution in [0, 0.1) is 5.82 Å². The molecule has 1 saturated heterocycles. The molecule has 0 saturated carbocycles. The minimum Gasteiger partial charge on any atom is -0.379 e. The molecule has 0 unspecified atom stereocenters. The van der Waals surface area contributed by atoms with E-state index in [0.29, 0.717) is 18.8 Å². The molecule has 0 spiro atoms. The SMILES string of the molecule is CC(C)OCCCN(C)[C@@H]1CCN(c2ccccc2F)C1=O. The van der Waals surface area contributed by atoms with Gasteiger partial charge in [-0.2, -0.15) is 0 Å². The minimum atomic E-state index is -0.343. The number of rotatable bonds is 7. The Hall–Kier alpha value is -1.46. The van der Waals surface area contributed by atoms with E-state index in [2.05, 4.69) is 0 Å². The van der Waals surface area contributed by atoms with Crippen LogP contribution in [0.2, 0.25) is 0 Å². The Balaban J connectivity index is 1.89. The second-order valence-corrected chi connectivity index (χ2v) is 6.00. The zero-order valence-electron chi connectivity index (χ0n) is 13.6. The summed E-state index contributed by atoms with van der Waals surface area (Å²) in [6.07, 6.45) is 1.85. The van der Waals surface area contributed by atoms with Crippen LogP contribution in [0.5, 0.6) is 0 Å². The van der Waals surface area contributed by atoms with Gasteiger partial charge >= 0.3 is 0 Å². The van der Waals surface area contributed by atoms with Crippen molar-refractivity contribution in [2.75, 3.05) is 31.6 Å². The molecule has 1 atom stereocenters. The molecule has 0 bridgehead atoms. The number of nitrogens with zero attached hydrogens (tertiary/aromatic N) is 2. The first-order valence-corrected chi connectivity index (χ1v) is 7.88. The summed E-state index contributed by atoms with van der Waals surface area (Å²) < 4.78 is 19.4. The maximum absolute atomic E-state index is 13.8. The van der Waals surface area contributed by atoms with E-state index in [4.69, 9.17) is 4.74 Å². The van der Waals surface area contributed by atoms with Gasteiger partial charge in [-0.15, -0.1) is 0 Å². The van der Waals surface area contributed by atoms with Crippen LogP contribution in [0.25, 0.3) is 0 Å². The Morgan fingerprint density at radius 3 is 2.82 bits per heavy atom. The maximum Gasteiger partial charge on any atom is 0.244 e. The fraction of sp³-hybridized carbons (Fsp3) is 0.588. The smallest absolute Gasteiger partial charge is 0.244 e. The van der Waals surface area contributed by atoms with Gasteiger partial charge in [0.05, 0.1) is 17.8 Å². The molecule has 1 aromatic rings. The highest BCUT2D eigenvalue weighted by Crippen LogP contribution is 2.26. The number of benzene rings is 1. The molecule has 2 rings (SSSR count). The van der Waals surface area contributed by atoms with Crippen LogP contribution < -0.4 is 4.90 Å². The molecule has 1 aliphatic rings. The predicted octanol–water partition coefficient (Wildman–Crippen LogP) is 2.68. The number of carbonyl (C=O) groups excluding carboxylic acids is 1. The highest BCUT2D eigenvalue weighted by molar-refractivity contribution is 5.99. The van der Waals surface area contributed by atoms with Crippen LogP contribution in [0.1, 0.15) is 26.7 Å². The lowest BCUT2D eigenvalue weighted by Crippen LogP contribution is -2.40. The summed E-state index contributed by atoms with van der Waals surface area (Å²) in [5.74, 6) is -0.359.